The zero-order valence-corrected chi connectivity index (χ0v) is 11.1. The van der Waals surface area contributed by atoms with E-state index in [1.54, 1.807) is 23.0 Å². The number of nitrogens with one attached hydrogen (secondary N) is 1. The molecule has 3 rings (SSSR count). The largest absolute Gasteiger partial charge is 0.318 e. The first-order valence-electron chi connectivity index (χ1n) is 6.22. The van der Waals surface area contributed by atoms with E-state index in [2.05, 4.69) is 20.5 Å². The monoisotopic (exact) mass is 301 g/mol. The number of halogens is 2. The van der Waals surface area contributed by atoms with Gasteiger partial charge in [0, 0.05) is 18.5 Å². The fourth-order valence-electron chi connectivity index (χ4n) is 1.76. The second-order valence-electron chi connectivity index (χ2n) is 4.33. The molecule has 0 aliphatic carbocycles. The fraction of sp³-hybridized carbons (Fsp3) is 0. The van der Waals surface area contributed by atoms with Crippen molar-refractivity contribution < 1.29 is 13.6 Å². The predicted molar refractivity (Wildman–Crippen MR) is 73.5 cm³/mol. The number of benzene rings is 1. The van der Waals surface area contributed by atoms with E-state index in [0.29, 0.717) is 11.9 Å². The molecule has 0 fully saturated rings. The highest BCUT2D eigenvalue weighted by Crippen LogP contribution is 2.15. The average Bonchev–Trinajstić information content (AvgIpc) is 3.04. The summed E-state index contributed by atoms with van der Waals surface area (Å²) in [5.41, 5.74) is -0.125. The second-order valence-corrected chi connectivity index (χ2v) is 4.33. The molecule has 3 aromatic rings. The van der Waals surface area contributed by atoms with Crippen LogP contribution in [0.4, 0.5) is 14.5 Å². The highest BCUT2D eigenvalue weighted by molar-refractivity contribution is 6.02. The molecule has 0 bridgehead atoms. The van der Waals surface area contributed by atoms with E-state index in [9.17, 15) is 13.6 Å². The molecule has 0 saturated heterocycles. The van der Waals surface area contributed by atoms with Gasteiger partial charge in [0.05, 0.1) is 5.69 Å². The van der Waals surface area contributed by atoms with Gasteiger partial charge in [-0.2, -0.15) is 0 Å². The zero-order valence-electron chi connectivity index (χ0n) is 11.1. The van der Waals surface area contributed by atoms with Crippen LogP contribution in [0.2, 0.25) is 0 Å². The number of carbonyl (C=O) groups is 1. The van der Waals surface area contributed by atoms with Gasteiger partial charge in [-0.05, 0) is 24.3 Å². The maximum Gasteiger partial charge on any atom is 0.276 e. The topological polar surface area (TPSA) is 72.7 Å². The lowest BCUT2D eigenvalue weighted by Gasteiger charge is -2.06. The summed E-state index contributed by atoms with van der Waals surface area (Å²) in [6.45, 7) is 0. The number of amides is 1. The van der Waals surface area contributed by atoms with Crippen LogP contribution in [-0.2, 0) is 0 Å². The van der Waals surface area contributed by atoms with Crippen LogP contribution in [0, 0.1) is 11.6 Å². The van der Waals surface area contributed by atoms with Crippen molar-refractivity contribution in [2.75, 3.05) is 5.32 Å². The minimum absolute atomic E-state index is 0.00703. The number of nitrogens with zero attached hydrogens (tertiary/aromatic N) is 4. The van der Waals surface area contributed by atoms with E-state index in [1.165, 1.54) is 12.4 Å². The molecule has 0 saturated carbocycles. The van der Waals surface area contributed by atoms with Crippen molar-refractivity contribution in [1.82, 2.24) is 19.7 Å². The summed E-state index contributed by atoms with van der Waals surface area (Å²) in [6, 6.07) is 5.88. The number of hydrogen-bond acceptors (Lipinski definition) is 4. The summed E-state index contributed by atoms with van der Waals surface area (Å²) < 4.78 is 27.9. The standard InChI is InChI=1S/C14H9F2N5O/c15-9-1-2-11(10(16)7-9)18-14(22)12-3-4-13(20-19-12)21-6-5-17-8-21/h1-8H,(H,18,22). The normalized spacial score (nSPS) is 10.5. The molecule has 1 aromatic carbocycles. The molecule has 8 heteroatoms. The van der Waals surface area contributed by atoms with Crippen molar-refractivity contribution in [3.8, 4) is 5.82 Å². The molecule has 2 heterocycles. The Bertz CT molecular complexity index is 803. The van der Waals surface area contributed by atoms with Gasteiger partial charge in [0.2, 0.25) is 0 Å². The van der Waals surface area contributed by atoms with E-state index >= 15 is 0 Å². The number of imidazole rings is 1. The molecule has 0 spiro atoms. The van der Waals surface area contributed by atoms with Gasteiger partial charge in [-0.15, -0.1) is 10.2 Å². The Labute approximate surface area is 123 Å². The Morgan fingerprint density at radius 3 is 2.64 bits per heavy atom. The van der Waals surface area contributed by atoms with E-state index in [0.717, 1.165) is 12.1 Å². The molecule has 22 heavy (non-hydrogen) atoms. The molecule has 110 valence electrons. The zero-order chi connectivity index (χ0) is 15.5. The predicted octanol–water partition coefficient (Wildman–Crippen LogP) is 2.19. The lowest BCUT2D eigenvalue weighted by molar-refractivity contribution is 0.102. The van der Waals surface area contributed by atoms with Crippen LogP contribution in [0.5, 0.6) is 0 Å². The van der Waals surface area contributed by atoms with E-state index in [1.807, 2.05) is 0 Å². The molecule has 0 aliphatic rings. The number of anilines is 1. The van der Waals surface area contributed by atoms with Crippen LogP contribution in [0.3, 0.4) is 0 Å². The summed E-state index contributed by atoms with van der Waals surface area (Å²) in [5.74, 6) is -1.74. The van der Waals surface area contributed by atoms with Crippen LogP contribution >= 0.6 is 0 Å². The van der Waals surface area contributed by atoms with E-state index < -0.39 is 17.5 Å². The molecule has 0 aliphatic heterocycles. The van der Waals surface area contributed by atoms with Gasteiger partial charge in [-0.1, -0.05) is 0 Å². The maximum absolute atomic E-state index is 13.5. The van der Waals surface area contributed by atoms with E-state index in [4.69, 9.17) is 0 Å². The van der Waals surface area contributed by atoms with Crippen molar-refractivity contribution in [2.24, 2.45) is 0 Å². The Kier molecular flexibility index (Phi) is 3.57. The van der Waals surface area contributed by atoms with Gasteiger partial charge >= 0.3 is 0 Å². The van der Waals surface area contributed by atoms with Gasteiger partial charge in [0.25, 0.3) is 5.91 Å². The summed E-state index contributed by atoms with van der Waals surface area (Å²) in [7, 11) is 0. The minimum Gasteiger partial charge on any atom is -0.318 e. The lowest BCUT2D eigenvalue weighted by atomic mass is 10.2. The van der Waals surface area contributed by atoms with Crippen molar-refractivity contribution in [1.29, 1.82) is 0 Å². The number of hydrogen-bond donors (Lipinski definition) is 1. The highest BCUT2D eigenvalue weighted by atomic mass is 19.1. The fourth-order valence-corrected chi connectivity index (χ4v) is 1.76. The van der Waals surface area contributed by atoms with Gasteiger partial charge in [0.15, 0.2) is 11.5 Å². The third-order valence-corrected chi connectivity index (χ3v) is 2.83. The molecule has 1 amide bonds. The van der Waals surface area contributed by atoms with Crippen molar-refractivity contribution in [3.63, 3.8) is 0 Å². The van der Waals surface area contributed by atoms with Crippen LogP contribution in [0.25, 0.3) is 5.82 Å². The molecule has 1 N–H and O–H groups in total. The van der Waals surface area contributed by atoms with Crippen molar-refractivity contribution >= 4 is 11.6 Å². The Morgan fingerprint density at radius 2 is 2.00 bits per heavy atom. The smallest absolute Gasteiger partial charge is 0.276 e. The van der Waals surface area contributed by atoms with Crippen molar-refractivity contribution in [3.05, 3.63) is 66.4 Å². The third kappa shape index (κ3) is 2.80. The van der Waals surface area contributed by atoms with Crippen LogP contribution in [-0.4, -0.2) is 25.7 Å². The first-order chi connectivity index (χ1) is 10.6. The lowest BCUT2D eigenvalue weighted by Crippen LogP contribution is -2.15. The van der Waals surface area contributed by atoms with Crippen LogP contribution in [0.1, 0.15) is 10.5 Å². The van der Waals surface area contributed by atoms with Crippen LogP contribution in [0.15, 0.2) is 49.1 Å². The molecule has 0 atom stereocenters. The van der Waals surface area contributed by atoms with Gasteiger partial charge in [-0.25, -0.2) is 13.8 Å². The molecule has 6 nitrogen and oxygen atoms in total. The first kappa shape index (κ1) is 13.8. The van der Waals surface area contributed by atoms with Gasteiger partial charge < -0.3 is 5.32 Å². The van der Waals surface area contributed by atoms with E-state index in [-0.39, 0.29) is 11.4 Å². The Morgan fingerprint density at radius 1 is 1.14 bits per heavy atom. The van der Waals surface area contributed by atoms with Gasteiger partial charge in [-0.3, -0.25) is 9.36 Å². The second kappa shape index (κ2) is 5.68. The molecule has 0 radical (unpaired) electrons. The number of aromatic nitrogens is 4. The minimum atomic E-state index is -0.864. The Hall–Kier alpha value is -3.16. The van der Waals surface area contributed by atoms with Crippen LogP contribution < -0.4 is 5.32 Å². The quantitative estimate of drug-likeness (QED) is 0.805. The summed E-state index contributed by atoms with van der Waals surface area (Å²) in [4.78, 5) is 15.8. The highest BCUT2D eigenvalue weighted by Gasteiger charge is 2.12. The molecule has 2 aromatic heterocycles. The summed E-state index contributed by atoms with van der Waals surface area (Å²) >= 11 is 0. The Balaban J connectivity index is 1.77. The maximum atomic E-state index is 13.5. The average molecular weight is 301 g/mol. The summed E-state index contributed by atoms with van der Waals surface area (Å²) in [5, 5.41) is 9.96. The first-order valence-corrected chi connectivity index (χ1v) is 6.22. The van der Waals surface area contributed by atoms with Gasteiger partial charge in [0.1, 0.15) is 18.0 Å². The third-order valence-electron chi connectivity index (χ3n) is 2.83. The molecule has 0 unspecified atom stereocenters. The molecular weight excluding hydrogens is 292 g/mol. The molecular formula is C14H9F2N5O. The van der Waals surface area contributed by atoms with Crippen molar-refractivity contribution in [2.45, 2.75) is 0 Å². The SMILES string of the molecule is O=C(Nc1ccc(F)cc1F)c1ccc(-n2ccnc2)nn1. The number of rotatable bonds is 3. The number of carbonyl (C=O) groups excluding carboxylic acids is 1. The summed E-state index contributed by atoms with van der Waals surface area (Å²) in [6.07, 6.45) is 4.80.